The van der Waals surface area contributed by atoms with Crippen molar-refractivity contribution in [1.29, 1.82) is 0 Å². The number of ether oxygens (including phenoxy) is 3. The number of ketones is 2. The zero-order valence-corrected chi connectivity index (χ0v) is 14.1. The Balaban J connectivity index is 2.42. The molecule has 0 aromatic heterocycles. The zero-order valence-electron chi connectivity index (χ0n) is 14.1. The third-order valence-corrected chi connectivity index (χ3v) is 4.22. The monoisotopic (exact) mass is 344 g/mol. The Labute approximate surface area is 143 Å². The van der Waals surface area contributed by atoms with Gasteiger partial charge in [0.1, 0.15) is 11.5 Å². The number of aryl methyl sites for hydroxylation is 1. The summed E-state index contributed by atoms with van der Waals surface area (Å²) in [7, 11) is 4.03. The van der Waals surface area contributed by atoms with Gasteiger partial charge in [-0.15, -0.1) is 0 Å². The largest absolute Gasteiger partial charge is 0.507 e. The molecule has 7 heteroatoms. The number of rotatable bonds is 3. The Morgan fingerprint density at radius 1 is 0.800 bits per heavy atom. The Hall–Kier alpha value is -3.22. The second-order valence-electron chi connectivity index (χ2n) is 5.54. The van der Waals surface area contributed by atoms with Gasteiger partial charge in [-0.3, -0.25) is 9.59 Å². The summed E-state index contributed by atoms with van der Waals surface area (Å²) in [5, 5.41) is 20.7. The minimum Gasteiger partial charge on any atom is -0.507 e. The van der Waals surface area contributed by atoms with E-state index in [-0.39, 0.29) is 45.3 Å². The number of phenolic OH excluding ortho intramolecular Hbond substituents is 2. The molecule has 3 rings (SSSR count). The topological polar surface area (TPSA) is 102 Å². The molecule has 0 heterocycles. The van der Waals surface area contributed by atoms with Crippen molar-refractivity contribution < 1.29 is 34.0 Å². The van der Waals surface area contributed by atoms with Gasteiger partial charge in [0, 0.05) is 5.56 Å². The summed E-state index contributed by atoms with van der Waals surface area (Å²) in [5.74, 6) is -1.88. The maximum atomic E-state index is 13.0. The molecule has 130 valence electrons. The molecule has 2 aromatic carbocycles. The molecule has 25 heavy (non-hydrogen) atoms. The molecule has 0 fully saturated rings. The highest BCUT2D eigenvalue weighted by Crippen LogP contribution is 2.48. The second kappa shape index (κ2) is 5.70. The van der Waals surface area contributed by atoms with Crippen LogP contribution in [0, 0.1) is 6.92 Å². The van der Waals surface area contributed by atoms with E-state index in [2.05, 4.69) is 0 Å². The van der Waals surface area contributed by atoms with Crippen molar-refractivity contribution in [3.8, 4) is 28.7 Å². The van der Waals surface area contributed by atoms with E-state index in [1.54, 1.807) is 6.92 Å². The van der Waals surface area contributed by atoms with E-state index in [0.29, 0.717) is 5.56 Å². The van der Waals surface area contributed by atoms with Gasteiger partial charge in [0.05, 0.1) is 38.0 Å². The van der Waals surface area contributed by atoms with Crippen molar-refractivity contribution in [2.75, 3.05) is 21.3 Å². The number of carbonyl (C=O) groups excluding carboxylic acids is 2. The molecular weight excluding hydrogens is 328 g/mol. The average Bonchev–Trinajstić information content (AvgIpc) is 2.58. The first kappa shape index (κ1) is 16.6. The van der Waals surface area contributed by atoms with Crippen molar-refractivity contribution >= 4 is 11.6 Å². The molecule has 2 N–H and O–H groups in total. The molecule has 1 aliphatic carbocycles. The quantitative estimate of drug-likeness (QED) is 0.751. The number of benzene rings is 2. The van der Waals surface area contributed by atoms with Crippen molar-refractivity contribution in [2.45, 2.75) is 6.92 Å². The Bertz CT molecular complexity index is 928. The van der Waals surface area contributed by atoms with Gasteiger partial charge >= 0.3 is 0 Å². The van der Waals surface area contributed by atoms with Gasteiger partial charge in [0.25, 0.3) is 0 Å². The highest BCUT2D eigenvalue weighted by Gasteiger charge is 2.39. The highest BCUT2D eigenvalue weighted by atomic mass is 16.5. The van der Waals surface area contributed by atoms with Crippen LogP contribution in [-0.2, 0) is 0 Å². The molecule has 0 atom stereocenters. The third-order valence-electron chi connectivity index (χ3n) is 4.22. The molecule has 0 aliphatic heterocycles. The van der Waals surface area contributed by atoms with E-state index >= 15 is 0 Å². The summed E-state index contributed by atoms with van der Waals surface area (Å²) in [6, 6.07) is 2.67. The number of carbonyl (C=O) groups is 2. The number of aromatic hydroxyl groups is 2. The fraction of sp³-hybridized carbons (Fsp3) is 0.222. The zero-order chi connectivity index (χ0) is 18.5. The molecule has 1 aliphatic rings. The molecule has 0 saturated heterocycles. The van der Waals surface area contributed by atoms with Crippen molar-refractivity contribution in [3.05, 3.63) is 39.9 Å². The first-order valence-corrected chi connectivity index (χ1v) is 7.35. The highest BCUT2D eigenvalue weighted by molar-refractivity contribution is 6.31. The lowest BCUT2D eigenvalue weighted by Gasteiger charge is -2.24. The van der Waals surface area contributed by atoms with E-state index in [1.165, 1.54) is 33.5 Å². The minimum atomic E-state index is -0.696. The number of hydrogen-bond donors (Lipinski definition) is 2. The molecule has 7 nitrogen and oxygen atoms in total. The Morgan fingerprint density at radius 2 is 1.44 bits per heavy atom. The summed E-state index contributed by atoms with van der Waals surface area (Å²) in [4.78, 5) is 25.9. The van der Waals surface area contributed by atoms with E-state index in [4.69, 9.17) is 14.2 Å². The van der Waals surface area contributed by atoms with Gasteiger partial charge in [0.2, 0.25) is 11.5 Å². The van der Waals surface area contributed by atoms with Crippen LogP contribution >= 0.6 is 0 Å². The normalized spacial score (nSPS) is 12.5. The molecule has 0 spiro atoms. The van der Waals surface area contributed by atoms with Gasteiger partial charge in [0.15, 0.2) is 17.3 Å². The second-order valence-corrected chi connectivity index (χ2v) is 5.54. The molecule has 0 unspecified atom stereocenters. The van der Waals surface area contributed by atoms with Gasteiger partial charge in [-0.2, -0.15) is 0 Å². The van der Waals surface area contributed by atoms with Gasteiger partial charge in [-0.1, -0.05) is 0 Å². The van der Waals surface area contributed by atoms with E-state index in [1.807, 2.05) is 0 Å². The Morgan fingerprint density at radius 3 is 2.00 bits per heavy atom. The lowest BCUT2D eigenvalue weighted by molar-refractivity contribution is 0.0970. The van der Waals surface area contributed by atoms with Crippen LogP contribution in [0.25, 0.3) is 0 Å². The van der Waals surface area contributed by atoms with E-state index in [9.17, 15) is 19.8 Å². The standard InChI is InChI=1S/C18H16O7/c1-7-5-9(19)12-13(17(7)24-3)14(20)8-6-10(23-2)18(25-4)16(22)11(8)15(12)21/h5-6,19,22H,1-4H3. The summed E-state index contributed by atoms with van der Waals surface area (Å²) in [6.45, 7) is 1.65. The fourth-order valence-electron chi connectivity index (χ4n) is 3.14. The Kier molecular flexibility index (Phi) is 3.79. The smallest absolute Gasteiger partial charge is 0.203 e. The summed E-state index contributed by atoms with van der Waals surface area (Å²) < 4.78 is 15.5. The van der Waals surface area contributed by atoms with E-state index in [0.717, 1.165) is 0 Å². The molecular formula is C18H16O7. The van der Waals surface area contributed by atoms with Crippen molar-refractivity contribution in [3.63, 3.8) is 0 Å². The van der Waals surface area contributed by atoms with Gasteiger partial charge < -0.3 is 24.4 Å². The summed E-state index contributed by atoms with van der Waals surface area (Å²) in [5.41, 5.74) is -0.0213. The number of fused-ring (bicyclic) bond motifs is 2. The fourth-order valence-corrected chi connectivity index (χ4v) is 3.14. The SMILES string of the molecule is COc1cc2c(c(O)c1OC)C(=O)c1c(O)cc(C)c(OC)c1C2=O. The minimum absolute atomic E-state index is 0.0379. The van der Waals surface area contributed by atoms with E-state index < -0.39 is 17.3 Å². The van der Waals surface area contributed by atoms with Crippen LogP contribution in [-0.4, -0.2) is 43.1 Å². The first-order chi connectivity index (χ1) is 11.9. The van der Waals surface area contributed by atoms with Crippen LogP contribution < -0.4 is 14.2 Å². The molecule has 0 amide bonds. The lowest BCUT2D eigenvalue weighted by Crippen LogP contribution is -2.23. The first-order valence-electron chi connectivity index (χ1n) is 7.35. The lowest BCUT2D eigenvalue weighted by atomic mass is 9.81. The van der Waals surface area contributed by atoms with Crippen LogP contribution in [0.1, 0.15) is 37.4 Å². The number of hydrogen-bond acceptors (Lipinski definition) is 7. The number of methoxy groups -OCH3 is 3. The van der Waals surface area contributed by atoms with Crippen molar-refractivity contribution in [2.24, 2.45) is 0 Å². The van der Waals surface area contributed by atoms with Crippen LogP contribution in [0.2, 0.25) is 0 Å². The maximum absolute atomic E-state index is 13.0. The molecule has 0 saturated carbocycles. The number of phenols is 2. The van der Waals surface area contributed by atoms with Crippen LogP contribution in [0.15, 0.2) is 12.1 Å². The predicted molar refractivity (Wildman–Crippen MR) is 87.5 cm³/mol. The van der Waals surface area contributed by atoms with Crippen molar-refractivity contribution in [1.82, 2.24) is 0 Å². The van der Waals surface area contributed by atoms with Gasteiger partial charge in [-0.05, 0) is 24.6 Å². The molecule has 0 bridgehead atoms. The third kappa shape index (κ3) is 2.12. The van der Waals surface area contributed by atoms with Crippen LogP contribution in [0.3, 0.4) is 0 Å². The maximum Gasteiger partial charge on any atom is 0.203 e. The molecule has 0 radical (unpaired) electrons. The predicted octanol–water partition coefficient (Wildman–Crippen LogP) is 2.21. The average molecular weight is 344 g/mol. The molecule has 2 aromatic rings. The van der Waals surface area contributed by atoms with Gasteiger partial charge in [-0.25, -0.2) is 0 Å². The van der Waals surface area contributed by atoms with Crippen LogP contribution in [0.4, 0.5) is 0 Å². The van der Waals surface area contributed by atoms with Crippen LogP contribution in [0.5, 0.6) is 28.7 Å². The summed E-state index contributed by atoms with van der Waals surface area (Å²) >= 11 is 0. The summed E-state index contributed by atoms with van der Waals surface area (Å²) in [6.07, 6.45) is 0.